The molecule has 1 aliphatic heterocycles. The highest BCUT2D eigenvalue weighted by atomic mass is 16.6. The van der Waals surface area contributed by atoms with E-state index < -0.39 is 4.92 Å². The summed E-state index contributed by atoms with van der Waals surface area (Å²) in [5, 5.41) is 10.7. The quantitative estimate of drug-likeness (QED) is 0.306. The highest BCUT2D eigenvalue weighted by Crippen LogP contribution is 2.17. The van der Waals surface area contributed by atoms with E-state index in [1.165, 1.54) is 12.1 Å². The summed E-state index contributed by atoms with van der Waals surface area (Å²) in [6, 6.07) is 14.4. The van der Waals surface area contributed by atoms with Crippen molar-refractivity contribution in [1.29, 1.82) is 0 Å². The van der Waals surface area contributed by atoms with E-state index in [1.54, 1.807) is 12.1 Å². The van der Waals surface area contributed by atoms with Crippen LogP contribution in [0.4, 0.5) is 5.69 Å². The molecule has 0 saturated carbocycles. The SMILES string of the molecule is O=[N+]([O-])c1ccc(/C=C/c2ccc(OCCCN3CCOCC3)cc2)cc1. The van der Waals surface area contributed by atoms with Gasteiger partial charge in [0.05, 0.1) is 24.7 Å². The fourth-order valence-electron chi connectivity index (χ4n) is 2.88. The first kappa shape index (κ1) is 19.1. The second-order valence-corrected chi connectivity index (χ2v) is 6.41. The van der Waals surface area contributed by atoms with Gasteiger partial charge in [-0.1, -0.05) is 24.3 Å². The van der Waals surface area contributed by atoms with Gasteiger partial charge in [-0.3, -0.25) is 15.0 Å². The maximum absolute atomic E-state index is 10.7. The normalized spacial score (nSPS) is 15.1. The molecule has 6 heteroatoms. The van der Waals surface area contributed by atoms with Crippen molar-refractivity contribution in [3.63, 3.8) is 0 Å². The molecule has 6 nitrogen and oxygen atoms in total. The van der Waals surface area contributed by atoms with Crippen molar-refractivity contribution in [3.8, 4) is 5.75 Å². The summed E-state index contributed by atoms with van der Waals surface area (Å²) in [4.78, 5) is 12.7. The molecule has 3 rings (SSSR count). The number of ether oxygens (including phenoxy) is 2. The van der Waals surface area contributed by atoms with E-state index in [0.717, 1.165) is 56.1 Å². The minimum atomic E-state index is -0.396. The number of hydrogen-bond acceptors (Lipinski definition) is 5. The second kappa shape index (κ2) is 9.85. The van der Waals surface area contributed by atoms with Gasteiger partial charge in [0.2, 0.25) is 0 Å². The number of nitro groups is 1. The number of rotatable bonds is 8. The molecule has 0 atom stereocenters. The first-order valence-electron chi connectivity index (χ1n) is 9.16. The topological polar surface area (TPSA) is 64.8 Å². The summed E-state index contributed by atoms with van der Waals surface area (Å²) >= 11 is 0. The van der Waals surface area contributed by atoms with Crippen molar-refractivity contribution >= 4 is 17.8 Å². The van der Waals surface area contributed by atoms with Crippen LogP contribution in [0.3, 0.4) is 0 Å². The second-order valence-electron chi connectivity index (χ2n) is 6.41. The van der Waals surface area contributed by atoms with Crippen molar-refractivity contribution in [3.05, 3.63) is 69.8 Å². The highest BCUT2D eigenvalue weighted by Gasteiger charge is 2.09. The Morgan fingerprint density at radius 2 is 1.59 bits per heavy atom. The zero-order chi connectivity index (χ0) is 18.9. The monoisotopic (exact) mass is 368 g/mol. The molecule has 0 aliphatic carbocycles. The highest BCUT2D eigenvalue weighted by molar-refractivity contribution is 5.70. The average Bonchev–Trinajstić information content (AvgIpc) is 2.71. The van der Waals surface area contributed by atoms with Crippen LogP contribution in [0, 0.1) is 10.1 Å². The molecule has 0 unspecified atom stereocenters. The predicted molar refractivity (Wildman–Crippen MR) is 106 cm³/mol. The average molecular weight is 368 g/mol. The van der Waals surface area contributed by atoms with Crippen LogP contribution < -0.4 is 4.74 Å². The number of hydrogen-bond donors (Lipinski definition) is 0. The van der Waals surface area contributed by atoms with Crippen LogP contribution in [0.2, 0.25) is 0 Å². The maximum Gasteiger partial charge on any atom is 0.269 e. The Morgan fingerprint density at radius 1 is 1.00 bits per heavy atom. The smallest absolute Gasteiger partial charge is 0.269 e. The van der Waals surface area contributed by atoms with E-state index in [-0.39, 0.29) is 5.69 Å². The lowest BCUT2D eigenvalue weighted by atomic mass is 10.1. The van der Waals surface area contributed by atoms with E-state index in [2.05, 4.69) is 4.90 Å². The molecule has 1 aliphatic rings. The summed E-state index contributed by atoms with van der Waals surface area (Å²) in [7, 11) is 0. The molecule has 1 saturated heterocycles. The van der Waals surface area contributed by atoms with E-state index in [0.29, 0.717) is 6.61 Å². The fourth-order valence-corrected chi connectivity index (χ4v) is 2.88. The summed E-state index contributed by atoms with van der Waals surface area (Å²) in [6.07, 6.45) is 4.91. The Kier molecular flexibility index (Phi) is 6.96. The van der Waals surface area contributed by atoms with Gasteiger partial charge in [0.15, 0.2) is 0 Å². The lowest BCUT2D eigenvalue weighted by Gasteiger charge is -2.26. The molecule has 0 amide bonds. The zero-order valence-corrected chi connectivity index (χ0v) is 15.3. The van der Waals surface area contributed by atoms with Gasteiger partial charge in [0, 0.05) is 31.8 Å². The first-order chi connectivity index (χ1) is 13.2. The van der Waals surface area contributed by atoms with Crippen LogP contribution in [0.1, 0.15) is 17.5 Å². The minimum absolute atomic E-state index is 0.0993. The molecule has 0 bridgehead atoms. The number of non-ortho nitro benzene ring substituents is 1. The van der Waals surface area contributed by atoms with Crippen LogP contribution in [-0.4, -0.2) is 49.3 Å². The van der Waals surface area contributed by atoms with Gasteiger partial charge in [-0.05, 0) is 41.8 Å². The van der Waals surface area contributed by atoms with Crippen molar-refractivity contribution < 1.29 is 14.4 Å². The third-order valence-electron chi connectivity index (χ3n) is 4.44. The Labute approximate surface area is 159 Å². The number of morpholine rings is 1. The van der Waals surface area contributed by atoms with Crippen LogP contribution >= 0.6 is 0 Å². The van der Waals surface area contributed by atoms with Gasteiger partial charge in [-0.25, -0.2) is 0 Å². The molecule has 0 N–H and O–H groups in total. The van der Waals surface area contributed by atoms with E-state index >= 15 is 0 Å². The van der Waals surface area contributed by atoms with E-state index in [1.807, 2.05) is 36.4 Å². The standard InChI is InChI=1S/C21H24N2O4/c24-23(25)20-8-4-18(5-9-20)2-3-19-6-10-21(11-7-19)27-15-1-12-22-13-16-26-17-14-22/h2-11H,1,12-17H2/b3-2+. The van der Waals surface area contributed by atoms with Gasteiger partial charge in [0.25, 0.3) is 5.69 Å². The van der Waals surface area contributed by atoms with Crippen LogP contribution in [0.5, 0.6) is 5.75 Å². The molecule has 27 heavy (non-hydrogen) atoms. The molecule has 2 aromatic rings. The van der Waals surface area contributed by atoms with Crippen molar-refractivity contribution in [2.75, 3.05) is 39.5 Å². The molecule has 0 spiro atoms. The minimum Gasteiger partial charge on any atom is -0.494 e. The zero-order valence-electron chi connectivity index (χ0n) is 15.3. The van der Waals surface area contributed by atoms with Crippen molar-refractivity contribution in [2.45, 2.75) is 6.42 Å². The largest absolute Gasteiger partial charge is 0.494 e. The summed E-state index contributed by atoms with van der Waals surface area (Å²) in [5.74, 6) is 0.865. The fraction of sp³-hybridized carbons (Fsp3) is 0.333. The molecule has 0 radical (unpaired) electrons. The Bertz CT molecular complexity index is 751. The number of nitrogens with zero attached hydrogens (tertiary/aromatic N) is 2. The maximum atomic E-state index is 10.7. The predicted octanol–water partition coefficient (Wildman–Crippen LogP) is 3.87. The molecule has 1 heterocycles. The van der Waals surface area contributed by atoms with Crippen molar-refractivity contribution in [1.82, 2.24) is 4.90 Å². The van der Waals surface area contributed by atoms with Crippen LogP contribution in [0.25, 0.3) is 12.2 Å². The van der Waals surface area contributed by atoms with E-state index in [9.17, 15) is 10.1 Å². The van der Waals surface area contributed by atoms with Gasteiger partial charge < -0.3 is 9.47 Å². The number of nitro benzene ring substituents is 1. The summed E-state index contributed by atoms with van der Waals surface area (Å²) < 4.78 is 11.1. The molecular formula is C21H24N2O4. The summed E-state index contributed by atoms with van der Waals surface area (Å²) in [6.45, 7) is 5.42. The molecular weight excluding hydrogens is 344 g/mol. The Balaban J connectivity index is 1.43. The van der Waals surface area contributed by atoms with Crippen LogP contribution in [0.15, 0.2) is 48.5 Å². The Hall–Kier alpha value is -2.70. The lowest BCUT2D eigenvalue weighted by molar-refractivity contribution is -0.384. The van der Waals surface area contributed by atoms with Crippen molar-refractivity contribution in [2.24, 2.45) is 0 Å². The molecule has 142 valence electrons. The molecule has 0 aromatic heterocycles. The van der Waals surface area contributed by atoms with E-state index in [4.69, 9.17) is 9.47 Å². The Morgan fingerprint density at radius 3 is 2.19 bits per heavy atom. The summed E-state index contributed by atoms with van der Waals surface area (Å²) in [5.41, 5.74) is 2.07. The third kappa shape index (κ3) is 6.20. The molecule has 1 fully saturated rings. The van der Waals surface area contributed by atoms with Crippen LogP contribution in [-0.2, 0) is 4.74 Å². The third-order valence-corrected chi connectivity index (χ3v) is 4.44. The number of benzene rings is 2. The van der Waals surface area contributed by atoms with Gasteiger partial charge >= 0.3 is 0 Å². The van der Waals surface area contributed by atoms with Gasteiger partial charge in [-0.15, -0.1) is 0 Å². The van der Waals surface area contributed by atoms with Gasteiger partial charge in [-0.2, -0.15) is 0 Å². The van der Waals surface area contributed by atoms with Gasteiger partial charge in [0.1, 0.15) is 5.75 Å². The molecule has 2 aromatic carbocycles. The lowest BCUT2D eigenvalue weighted by Crippen LogP contribution is -2.37. The first-order valence-corrected chi connectivity index (χ1v) is 9.16.